The van der Waals surface area contributed by atoms with Crippen LogP contribution in [0, 0.1) is 0 Å². The zero-order valence-electron chi connectivity index (χ0n) is 15.2. The zero-order valence-corrected chi connectivity index (χ0v) is 17.5. The van der Waals surface area contributed by atoms with Crippen LogP contribution < -0.4 is 5.32 Å². The minimum atomic E-state index is -0.427. The third-order valence-electron chi connectivity index (χ3n) is 4.53. The Bertz CT molecular complexity index is 1080. The molecule has 148 valence electrons. The number of amides is 2. The molecule has 1 fully saturated rings. The van der Waals surface area contributed by atoms with E-state index in [0.29, 0.717) is 20.9 Å². The van der Waals surface area contributed by atoms with Crippen molar-refractivity contribution in [3.63, 3.8) is 0 Å². The third kappa shape index (κ3) is 4.42. The van der Waals surface area contributed by atoms with Gasteiger partial charge in [-0.25, -0.2) is 9.97 Å². The molecule has 1 aliphatic rings. The molecule has 29 heavy (non-hydrogen) atoms. The van der Waals surface area contributed by atoms with Crippen molar-refractivity contribution in [3.8, 4) is 11.3 Å². The van der Waals surface area contributed by atoms with Crippen molar-refractivity contribution in [1.29, 1.82) is 0 Å². The van der Waals surface area contributed by atoms with E-state index in [1.807, 2.05) is 0 Å². The monoisotopic (exact) mass is 446 g/mol. The normalized spacial score (nSPS) is 13.5. The van der Waals surface area contributed by atoms with E-state index in [-0.39, 0.29) is 17.3 Å². The van der Waals surface area contributed by atoms with E-state index >= 15 is 0 Å². The quantitative estimate of drug-likeness (QED) is 0.611. The summed E-state index contributed by atoms with van der Waals surface area (Å²) in [6.45, 7) is 1.46. The van der Waals surface area contributed by atoms with Crippen LogP contribution in [0.4, 0.5) is 5.13 Å². The summed E-state index contributed by atoms with van der Waals surface area (Å²) >= 11 is 13.4. The van der Waals surface area contributed by atoms with Gasteiger partial charge in [0, 0.05) is 29.1 Å². The number of nitrogens with one attached hydrogen (secondary N) is 1. The van der Waals surface area contributed by atoms with Crippen molar-refractivity contribution in [1.82, 2.24) is 14.9 Å². The first kappa shape index (κ1) is 19.8. The van der Waals surface area contributed by atoms with Gasteiger partial charge in [0.2, 0.25) is 0 Å². The van der Waals surface area contributed by atoms with Gasteiger partial charge in [0.15, 0.2) is 5.13 Å². The second-order valence-electron chi connectivity index (χ2n) is 6.52. The van der Waals surface area contributed by atoms with E-state index < -0.39 is 5.91 Å². The summed E-state index contributed by atoms with van der Waals surface area (Å²) in [6, 6.07) is 10.0. The molecular formula is C20H16Cl2N4O2S. The van der Waals surface area contributed by atoms with Gasteiger partial charge in [0.1, 0.15) is 11.4 Å². The molecule has 1 aromatic carbocycles. The van der Waals surface area contributed by atoms with Crippen LogP contribution in [-0.4, -0.2) is 39.8 Å². The topological polar surface area (TPSA) is 75.2 Å². The van der Waals surface area contributed by atoms with Crippen LogP contribution in [0.15, 0.2) is 41.8 Å². The smallest absolute Gasteiger partial charge is 0.276 e. The Balaban J connectivity index is 1.49. The molecule has 0 bridgehead atoms. The first-order valence-electron chi connectivity index (χ1n) is 9.00. The Morgan fingerprint density at radius 3 is 2.55 bits per heavy atom. The average Bonchev–Trinajstić information content (AvgIpc) is 3.40. The fourth-order valence-corrected chi connectivity index (χ4v) is 4.29. The molecule has 0 saturated carbocycles. The first-order valence-corrected chi connectivity index (χ1v) is 10.6. The molecule has 9 heteroatoms. The van der Waals surface area contributed by atoms with Crippen LogP contribution in [0.5, 0.6) is 0 Å². The number of anilines is 1. The minimum absolute atomic E-state index is 0.147. The lowest BCUT2D eigenvalue weighted by Gasteiger charge is -2.14. The largest absolute Gasteiger partial charge is 0.337 e. The lowest BCUT2D eigenvalue weighted by atomic mass is 10.2. The third-order valence-corrected chi connectivity index (χ3v) is 5.83. The summed E-state index contributed by atoms with van der Waals surface area (Å²) in [5.74, 6) is -0.574. The summed E-state index contributed by atoms with van der Waals surface area (Å²) in [4.78, 5) is 35.5. The number of carbonyl (C=O) groups excluding carboxylic acids is 2. The van der Waals surface area contributed by atoms with Crippen molar-refractivity contribution in [2.75, 3.05) is 18.4 Å². The molecule has 0 unspecified atom stereocenters. The van der Waals surface area contributed by atoms with Crippen molar-refractivity contribution in [2.45, 2.75) is 12.8 Å². The maximum Gasteiger partial charge on any atom is 0.276 e. The van der Waals surface area contributed by atoms with Gasteiger partial charge in [-0.3, -0.25) is 14.9 Å². The number of likely N-dealkylation sites (tertiary alicyclic amines) is 1. The van der Waals surface area contributed by atoms with E-state index in [1.54, 1.807) is 46.7 Å². The summed E-state index contributed by atoms with van der Waals surface area (Å²) < 4.78 is 0. The Morgan fingerprint density at radius 1 is 1.03 bits per heavy atom. The Hall–Kier alpha value is -2.48. The van der Waals surface area contributed by atoms with E-state index in [2.05, 4.69) is 15.3 Å². The van der Waals surface area contributed by atoms with Gasteiger partial charge < -0.3 is 4.90 Å². The Labute approximate surface area is 181 Å². The standard InChI is InChI=1S/C20H16Cl2N4O2S/c21-12-6-7-13(14(22)10-12)17-11-29-20(24-17)25-18(27)15-4-3-5-16(23-15)19(28)26-8-1-2-9-26/h3-7,10-11H,1-2,8-9H2,(H,24,25,27). The van der Waals surface area contributed by atoms with Crippen LogP contribution in [-0.2, 0) is 0 Å². The summed E-state index contributed by atoms with van der Waals surface area (Å²) in [6.07, 6.45) is 1.99. The molecule has 3 aromatic rings. The number of nitrogens with zero attached hydrogens (tertiary/aromatic N) is 3. The highest BCUT2D eigenvalue weighted by molar-refractivity contribution is 7.14. The fourth-order valence-electron chi connectivity index (χ4n) is 3.08. The van der Waals surface area contributed by atoms with E-state index in [4.69, 9.17) is 23.2 Å². The molecule has 1 aliphatic heterocycles. The first-order chi connectivity index (χ1) is 14.0. The number of hydrogen-bond donors (Lipinski definition) is 1. The molecule has 0 radical (unpaired) electrons. The van der Waals surface area contributed by atoms with E-state index in [1.165, 1.54) is 11.3 Å². The van der Waals surface area contributed by atoms with Crippen molar-refractivity contribution >= 4 is 51.5 Å². The highest BCUT2D eigenvalue weighted by Crippen LogP contribution is 2.32. The maximum atomic E-state index is 12.6. The van der Waals surface area contributed by atoms with Gasteiger partial charge in [-0.15, -0.1) is 11.3 Å². The van der Waals surface area contributed by atoms with Crippen LogP contribution in [0.25, 0.3) is 11.3 Å². The number of rotatable bonds is 4. The van der Waals surface area contributed by atoms with Gasteiger partial charge in [-0.05, 0) is 43.2 Å². The Kier molecular flexibility index (Phi) is 5.80. The van der Waals surface area contributed by atoms with Gasteiger partial charge in [-0.2, -0.15) is 0 Å². The fraction of sp³-hybridized carbons (Fsp3) is 0.200. The highest BCUT2D eigenvalue weighted by atomic mass is 35.5. The zero-order chi connectivity index (χ0) is 20.4. The summed E-state index contributed by atoms with van der Waals surface area (Å²) in [7, 11) is 0. The van der Waals surface area contributed by atoms with E-state index in [9.17, 15) is 9.59 Å². The molecule has 3 heterocycles. The molecule has 2 amide bonds. The predicted molar refractivity (Wildman–Crippen MR) is 115 cm³/mol. The molecule has 0 spiro atoms. The van der Waals surface area contributed by atoms with Crippen molar-refractivity contribution < 1.29 is 9.59 Å². The number of aromatic nitrogens is 2. The van der Waals surface area contributed by atoms with Gasteiger partial charge >= 0.3 is 0 Å². The number of benzene rings is 1. The lowest BCUT2D eigenvalue weighted by Crippen LogP contribution is -2.29. The summed E-state index contributed by atoms with van der Waals surface area (Å²) in [5.41, 5.74) is 1.80. The van der Waals surface area contributed by atoms with Gasteiger partial charge in [0.25, 0.3) is 11.8 Å². The number of pyridine rings is 1. The second kappa shape index (κ2) is 8.49. The Morgan fingerprint density at radius 2 is 1.79 bits per heavy atom. The predicted octanol–water partition coefficient (Wildman–Crippen LogP) is 5.00. The molecule has 2 aromatic heterocycles. The number of thiazole rings is 1. The van der Waals surface area contributed by atoms with Crippen LogP contribution in [0.1, 0.15) is 33.8 Å². The van der Waals surface area contributed by atoms with Gasteiger partial charge in [-0.1, -0.05) is 29.3 Å². The van der Waals surface area contributed by atoms with Crippen LogP contribution in [0.2, 0.25) is 10.0 Å². The molecular weight excluding hydrogens is 431 g/mol. The molecule has 0 aliphatic carbocycles. The molecule has 6 nitrogen and oxygen atoms in total. The number of halogens is 2. The van der Waals surface area contributed by atoms with Crippen molar-refractivity contribution in [3.05, 3.63) is 63.2 Å². The summed E-state index contributed by atoms with van der Waals surface area (Å²) in [5, 5.41) is 5.96. The second-order valence-corrected chi connectivity index (χ2v) is 8.23. The lowest BCUT2D eigenvalue weighted by molar-refractivity contribution is 0.0787. The van der Waals surface area contributed by atoms with Crippen molar-refractivity contribution in [2.24, 2.45) is 0 Å². The average molecular weight is 447 g/mol. The van der Waals surface area contributed by atoms with Gasteiger partial charge in [0.05, 0.1) is 10.7 Å². The van der Waals surface area contributed by atoms with Crippen LogP contribution >= 0.6 is 34.5 Å². The van der Waals surface area contributed by atoms with Crippen LogP contribution in [0.3, 0.4) is 0 Å². The molecule has 4 rings (SSSR count). The minimum Gasteiger partial charge on any atom is -0.337 e. The molecule has 0 atom stereocenters. The molecule has 1 saturated heterocycles. The SMILES string of the molecule is O=C(Nc1nc(-c2ccc(Cl)cc2Cl)cs1)c1cccc(C(=O)N2CCCC2)n1. The maximum absolute atomic E-state index is 12.6. The van der Waals surface area contributed by atoms with E-state index in [0.717, 1.165) is 31.5 Å². The molecule has 1 N–H and O–H groups in total. The number of carbonyl (C=O) groups is 2. The number of hydrogen-bond acceptors (Lipinski definition) is 5. The highest BCUT2D eigenvalue weighted by Gasteiger charge is 2.21.